The molecule has 0 saturated carbocycles. The molecule has 26 heavy (non-hydrogen) atoms. The van der Waals surface area contributed by atoms with Crippen molar-refractivity contribution >= 4 is 17.6 Å². The van der Waals surface area contributed by atoms with Crippen LogP contribution >= 0.6 is 0 Å². The maximum absolute atomic E-state index is 12.4. The number of aryl methyl sites for hydroxylation is 1. The summed E-state index contributed by atoms with van der Waals surface area (Å²) in [5.74, 6) is -0.123. The number of esters is 1. The molecular weight excluding hydrogens is 328 g/mol. The Morgan fingerprint density at radius 1 is 1.12 bits per heavy atom. The van der Waals surface area contributed by atoms with Crippen LogP contribution in [0.5, 0.6) is 0 Å². The van der Waals surface area contributed by atoms with Crippen molar-refractivity contribution in [2.75, 3.05) is 19.0 Å². The molecule has 0 aromatic heterocycles. The number of nitrogens with one attached hydrogen (secondary N) is 1. The van der Waals surface area contributed by atoms with Gasteiger partial charge in [0.2, 0.25) is 0 Å². The lowest BCUT2D eigenvalue weighted by molar-refractivity contribution is -0.692. The summed E-state index contributed by atoms with van der Waals surface area (Å²) in [6.45, 7) is 6.49. The second-order valence-corrected chi connectivity index (χ2v) is 6.69. The molecule has 0 heterocycles. The Labute approximate surface area is 154 Å². The number of hydrogen-bond donors (Lipinski definition) is 2. The van der Waals surface area contributed by atoms with Crippen LogP contribution in [0.3, 0.4) is 0 Å². The highest BCUT2D eigenvalue weighted by atomic mass is 16.5. The van der Waals surface area contributed by atoms with E-state index in [2.05, 4.69) is 36.6 Å². The first-order chi connectivity index (χ1) is 12.4. The van der Waals surface area contributed by atoms with E-state index in [4.69, 9.17) is 4.74 Å². The smallest absolute Gasteiger partial charge is 0.337 e. The van der Waals surface area contributed by atoms with E-state index in [0.29, 0.717) is 23.7 Å². The topological polar surface area (TPSA) is 72.0 Å². The summed E-state index contributed by atoms with van der Waals surface area (Å²) in [5.41, 5.74) is 3.16. The van der Waals surface area contributed by atoms with Crippen molar-refractivity contribution in [2.45, 2.75) is 26.8 Å². The Bertz CT molecular complexity index is 757. The van der Waals surface area contributed by atoms with Crippen LogP contribution in [0.15, 0.2) is 48.5 Å². The molecule has 2 aromatic rings. The van der Waals surface area contributed by atoms with Gasteiger partial charge in [-0.25, -0.2) is 4.79 Å². The van der Waals surface area contributed by atoms with Gasteiger partial charge in [-0.05, 0) is 24.6 Å². The monoisotopic (exact) mass is 355 g/mol. The summed E-state index contributed by atoms with van der Waals surface area (Å²) in [7, 11) is 1.34. The second-order valence-electron chi connectivity index (χ2n) is 6.69. The van der Waals surface area contributed by atoms with E-state index in [1.54, 1.807) is 18.2 Å². The van der Waals surface area contributed by atoms with E-state index in [1.165, 1.54) is 12.7 Å². The van der Waals surface area contributed by atoms with Gasteiger partial charge >= 0.3 is 5.97 Å². The Morgan fingerprint density at radius 2 is 1.81 bits per heavy atom. The average Bonchev–Trinajstić information content (AvgIpc) is 2.63. The zero-order valence-electron chi connectivity index (χ0n) is 15.8. The van der Waals surface area contributed by atoms with Crippen molar-refractivity contribution in [1.29, 1.82) is 0 Å². The Balaban J connectivity index is 2.03. The number of ether oxygens (including phenoxy) is 1. The van der Waals surface area contributed by atoms with Crippen molar-refractivity contribution in [3.8, 4) is 0 Å². The van der Waals surface area contributed by atoms with Gasteiger partial charge in [0.25, 0.3) is 5.91 Å². The van der Waals surface area contributed by atoms with Crippen LogP contribution in [0.25, 0.3) is 0 Å². The summed E-state index contributed by atoms with van der Waals surface area (Å²) < 4.78 is 4.73. The van der Waals surface area contributed by atoms with E-state index in [9.17, 15) is 9.59 Å². The van der Waals surface area contributed by atoms with Crippen LogP contribution in [0.4, 0.5) is 5.69 Å². The molecule has 0 bridgehead atoms. The predicted octanol–water partition coefficient (Wildman–Crippen LogP) is 2.68. The van der Waals surface area contributed by atoms with Crippen LogP contribution in [0.2, 0.25) is 0 Å². The fourth-order valence-corrected chi connectivity index (χ4v) is 2.91. The van der Waals surface area contributed by atoms with Gasteiger partial charge in [0, 0.05) is 17.2 Å². The third-order valence-corrected chi connectivity index (χ3v) is 4.39. The number of methoxy groups -OCH3 is 1. The Hall–Kier alpha value is -2.66. The van der Waals surface area contributed by atoms with E-state index in [0.717, 1.165) is 5.56 Å². The van der Waals surface area contributed by atoms with Crippen molar-refractivity contribution in [3.05, 3.63) is 65.2 Å². The largest absolute Gasteiger partial charge is 0.465 e. The Morgan fingerprint density at radius 3 is 2.42 bits per heavy atom. The molecular formula is C21H27N2O3+. The Kier molecular flexibility index (Phi) is 6.92. The van der Waals surface area contributed by atoms with Gasteiger partial charge in [0.05, 0.1) is 12.7 Å². The summed E-state index contributed by atoms with van der Waals surface area (Å²) in [6, 6.07) is 15.5. The molecule has 2 aromatic carbocycles. The summed E-state index contributed by atoms with van der Waals surface area (Å²) in [4.78, 5) is 24.1. The number of carbonyl (C=O) groups excluding carboxylic acids is 2. The average molecular weight is 355 g/mol. The molecule has 0 aliphatic rings. The van der Waals surface area contributed by atoms with Gasteiger partial charge in [-0.3, -0.25) is 4.79 Å². The molecule has 0 fully saturated rings. The van der Waals surface area contributed by atoms with Gasteiger partial charge < -0.3 is 15.4 Å². The van der Waals surface area contributed by atoms with E-state index >= 15 is 0 Å². The van der Waals surface area contributed by atoms with Crippen LogP contribution < -0.4 is 10.6 Å². The number of hydrogen-bond acceptors (Lipinski definition) is 3. The molecule has 0 aliphatic carbocycles. The maximum Gasteiger partial charge on any atom is 0.337 e. The third kappa shape index (κ3) is 5.17. The van der Waals surface area contributed by atoms with Crippen molar-refractivity contribution in [1.82, 2.24) is 0 Å². The molecule has 3 N–H and O–H groups in total. The minimum absolute atomic E-state index is 0.100. The standard InChI is InChI=1S/C21H26N2O3/c1-14(2)20(16-8-6-5-7-9-16)22-13-19(24)23-18-12-17(21(25)26-4)11-10-15(18)3/h5-12,14,20,22H,13H2,1-4H3,(H,23,24)/p+1/t20-/m1/s1. The van der Waals surface area contributed by atoms with Crippen LogP contribution in [0.1, 0.15) is 41.4 Å². The van der Waals surface area contributed by atoms with Crippen LogP contribution in [-0.2, 0) is 9.53 Å². The highest BCUT2D eigenvalue weighted by Crippen LogP contribution is 2.18. The van der Waals surface area contributed by atoms with Gasteiger partial charge in [-0.2, -0.15) is 0 Å². The minimum Gasteiger partial charge on any atom is -0.465 e. The van der Waals surface area contributed by atoms with Crippen LogP contribution in [0, 0.1) is 12.8 Å². The molecule has 0 radical (unpaired) electrons. The minimum atomic E-state index is -0.420. The lowest BCUT2D eigenvalue weighted by Crippen LogP contribution is -2.88. The number of anilines is 1. The highest BCUT2D eigenvalue weighted by molar-refractivity contribution is 5.95. The zero-order chi connectivity index (χ0) is 19.1. The fourth-order valence-electron chi connectivity index (χ4n) is 2.91. The normalized spacial score (nSPS) is 11.9. The summed E-state index contributed by atoms with van der Waals surface area (Å²) >= 11 is 0. The molecule has 0 saturated heterocycles. The number of amides is 1. The molecule has 0 aliphatic heterocycles. The molecule has 0 unspecified atom stereocenters. The van der Waals surface area contributed by atoms with Gasteiger partial charge in [-0.15, -0.1) is 0 Å². The molecule has 1 amide bonds. The van der Waals surface area contributed by atoms with Crippen molar-refractivity contribution in [2.24, 2.45) is 5.92 Å². The number of rotatable bonds is 7. The zero-order valence-corrected chi connectivity index (χ0v) is 15.8. The van der Waals surface area contributed by atoms with Crippen molar-refractivity contribution in [3.63, 3.8) is 0 Å². The number of quaternary nitrogens is 1. The molecule has 5 nitrogen and oxygen atoms in total. The van der Waals surface area contributed by atoms with Crippen LogP contribution in [-0.4, -0.2) is 25.5 Å². The first kappa shape index (κ1) is 19.7. The molecule has 2 rings (SSSR count). The van der Waals surface area contributed by atoms with Gasteiger partial charge in [0.1, 0.15) is 6.04 Å². The number of carbonyl (C=O) groups is 2. The van der Waals surface area contributed by atoms with Crippen molar-refractivity contribution < 1.29 is 19.6 Å². The number of benzene rings is 2. The maximum atomic E-state index is 12.4. The molecule has 5 heteroatoms. The lowest BCUT2D eigenvalue weighted by atomic mass is 9.96. The SMILES string of the molecule is COC(=O)c1ccc(C)c(NC(=O)C[NH2+][C@@H](c2ccccc2)C(C)C)c1. The highest BCUT2D eigenvalue weighted by Gasteiger charge is 2.20. The first-order valence-electron chi connectivity index (χ1n) is 8.79. The first-order valence-corrected chi connectivity index (χ1v) is 8.79. The quantitative estimate of drug-likeness (QED) is 0.750. The van der Waals surface area contributed by atoms with Gasteiger partial charge in [-0.1, -0.05) is 50.2 Å². The van der Waals surface area contributed by atoms with E-state index in [1.807, 2.05) is 25.1 Å². The van der Waals surface area contributed by atoms with Gasteiger partial charge in [0.15, 0.2) is 6.54 Å². The summed E-state index contributed by atoms with van der Waals surface area (Å²) in [5, 5.41) is 4.95. The lowest BCUT2D eigenvalue weighted by Gasteiger charge is -2.19. The third-order valence-electron chi connectivity index (χ3n) is 4.39. The predicted molar refractivity (Wildman–Crippen MR) is 102 cm³/mol. The molecule has 0 spiro atoms. The number of nitrogens with two attached hydrogens (primary N) is 1. The molecule has 138 valence electrons. The summed E-state index contributed by atoms with van der Waals surface area (Å²) in [6.07, 6.45) is 0. The molecule has 1 atom stereocenters. The fraction of sp³-hybridized carbons (Fsp3) is 0.333. The van der Waals surface area contributed by atoms with E-state index in [-0.39, 0.29) is 11.9 Å². The second kappa shape index (κ2) is 9.15. The van der Waals surface area contributed by atoms with E-state index < -0.39 is 5.97 Å².